The summed E-state index contributed by atoms with van der Waals surface area (Å²) in [6.07, 6.45) is -1.05. The Kier molecular flexibility index (Phi) is 6.16. The zero-order valence-electron chi connectivity index (χ0n) is 16.7. The third kappa shape index (κ3) is 4.93. The molecule has 0 radical (unpaired) electrons. The van der Waals surface area contributed by atoms with E-state index in [9.17, 15) is 14.4 Å². The van der Waals surface area contributed by atoms with E-state index in [2.05, 4.69) is 5.32 Å². The van der Waals surface area contributed by atoms with E-state index in [0.717, 1.165) is 0 Å². The predicted octanol–water partition coefficient (Wildman–Crippen LogP) is 3.25. The van der Waals surface area contributed by atoms with E-state index in [0.29, 0.717) is 35.2 Å². The van der Waals surface area contributed by atoms with Crippen molar-refractivity contribution < 1.29 is 23.9 Å². The van der Waals surface area contributed by atoms with E-state index in [-0.39, 0.29) is 12.5 Å². The molecule has 0 aliphatic carbocycles. The molecule has 29 heavy (non-hydrogen) atoms. The lowest BCUT2D eigenvalue weighted by Gasteiger charge is -2.30. The average Bonchev–Trinajstić information content (AvgIpc) is 2.71. The number of nitrogens with zero attached hydrogens (tertiary/aromatic N) is 1. The van der Waals surface area contributed by atoms with Crippen LogP contribution in [0.15, 0.2) is 48.5 Å². The molecule has 152 valence electrons. The zero-order valence-corrected chi connectivity index (χ0v) is 16.7. The second-order valence-corrected chi connectivity index (χ2v) is 7.27. The zero-order chi connectivity index (χ0) is 21.0. The normalized spacial score (nSPS) is 14.1. The van der Waals surface area contributed by atoms with Crippen LogP contribution in [-0.4, -0.2) is 37.0 Å². The number of fused-ring (bicyclic) bond motifs is 1. The van der Waals surface area contributed by atoms with Crippen molar-refractivity contribution in [3.63, 3.8) is 0 Å². The van der Waals surface area contributed by atoms with Gasteiger partial charge in [0.2, 0.25) is 5.91 Å². The van der Waals surface area contributed by atoms with Gasteiger partial charge in [0.25, 0.3) is 5.91 Å². The lowest BCUT2D eigenvalue weighted by Crippen LogP contribution is -2.47. The Hall–Kier alpha value is -3.35. The number of rotatable bonds is 6. The van der Waals surface area contributed by atoms with E-state index in [4.69, 9.17) is 9.47 Å². The van der Waals surface area contributed by atoms with Gasteiger partial charge in [0, 0.05) is 0 Å². The number of hydrogen-bond donors (Lipinski definition) is 1. The van der Waals surface area contributed by atoms with Gasteiger partial charge < -0.3 is 14.8 Å². The average molecular weight is 396 g/mol. The Morgan fingerprint density at radius 2 is 1.86 bits per heavy atom. The quantitative estimate of drug-likeness (QED) is 0.758. The molecule has 1 atom stereocenters. The van der Waals surface area contributed by atoms with Crippen molar-refractivity contribution in [2.75, 3.05) is 23.4 Å². The van der Waals surface area contributed by atoms with E-state index in [1.54, 1.807) is 48.5 Å². The molecule has 1 heterocycles. The van der Waals surface area contributed by atoms with Crippen LogP contribution in [0.1, 0.15) is 31.1 Å². The maximum atomic E-state index is 12.9. The lowest BCUT2D eigenvalue weighted by atomic mass is 10.1. The van der Waals surface area contributed by atoms with Crippen molar-refractivity contribution in [2.24, 2.45) is 5.92 Å². The van der Waals surface area contributed by atoms with Crippen molar-refractivity contribution in [3.8, 4) is 5.75 Å². The topological polar surface area (TPSA) is 84.9 Å². The molecule has 1 N–H and O–H groups in total. The number of amides is 2. The molecule has 2 aromatic rings. The van der Waals surface area contributed by atoms with E-state index in [1.165, 1.54) is 11.8 Å². The SMILES string of the molecule is CC(C)COc1cccc(C(=O)O[C@@H](C)C(=O)N2CC(=O)Nc3ccccc32)c1. The Balaban J connectivity index is 1.69. The van der Waals surface area contributed by atoms with Gasteiger partial charge in [0.15, 0.2) is 6.10 Å². The van der Waals surface area contributed by atoms with Crippen LogP contribution in [0.2, 0.25) is 0 Å². The minimum absolute atomic E-state index is 0.129. The molecular weight excluding hydrogens is 372 g/mol. The fourth-order valence-electron chi connectivity index (χ4n) is 2.90. The molecule has 7 heteroatoms. The number of para-hydroxylation sites is 2. The summed E-state index contributed by atoms with van der Waals surface area (Å²) in [5.41, 5.74) is 1.41. The Bertz CT molecular complexity index is 925. The Morgan fingerprint density at radius 1 is 1.10 bits per heavy atom. The van der Waals surface area contributed by atoms with Crippen LogP contribution < -0.4 is 15.0 Å². The Labute approximate surface area is 169 Å². The molecule has 0 fully saturated rings. The third-order valence-corrected chi connectivity index (χ3v) is 4.32. The monoisotopic (exact) mass is 396 g/mol. The van der Waals surface area contributed by atoms with Gasteiger partial charge in [0.1, 0.15) is 12.3 Å². The minimum Gasteiger partial charge on any atom is -0.493 e. The van der Waals surface area contributed by atoms with Crippen molar-refractivity contribution >= 4 is 29.2 Å². The van der Waals surface area contributed by atoms with Gasteiger partial charge in [-0.15, -0.1) is 0 Å². The molecule has 0 bridgehead atoms. The first-order valence-corrected chi connectivity index (χ1v) is 9.49. The highest BCUT2D eigenvalue weighted by Crippen LogP contribution is 2.29. The van der Waals surface area contributed by atoms with Gasteiger partial charge >= 0.3 is 5.97 Å². The molecule has 0 saturated carbocycles. The standard InChI is InChI=1S/C22H24N2O5/c1-14(2)13-28-17-8-6-7-16(11-17)22(27)29-15(3)21(26)24-12-20(25)23-18-9-4-5-10-19(18)24/h4-11,14-15H,12-13H2,1-3H3,(H,23,25)/t15-/m0/s1. The summed E-state index contributed by atoms with van der Waals surface area (Å²) in [5.74, 6) is -0.476. The van der Waals surface area contributed by atoms with Crippen molar-refractivity contribution in [3.05, 3.63) is 54.1 Å². The van der Waals surface area contributed by atoms with E-state index >= 15 is 0 Å². The van der Waals surface area contributed by atoms with Gasteiger partial charge in [-0.05, 0) is 43.2 Å². The summed E-state index contributed by atoms with van der Waals surface area (Å²) in [5, 5.41) is 2.72. The van der Waals surface area contributed by atoms with Crippen LogP contribution in [0.4, 0.5) is 11.4 Å². The first-order valence-electron chi connectivity index (χ1n) is 9.49. The molecule has 0 unspecified atom stereocenters. The van der Waals surface area contributed by atoms with Crippen LogP contribution in [0.3, 0.4) is 0 Å². The highest BCUT2D eigenvalue weighted by molar-refractivity contribution is 6.11. The largest absolute Gasteiger partial charge is 0.493 e. The van der Waals surface area contributed by atoms with Crippen LogP contribution in [0.25, 0.3) is 0 Å². The number of nitrogens with one attached hydrogen (secondary N) is 1. The number of esters is 1. The number of carbonyl (C=O) groups is 3. The van der Waals surface area contributed by atoms with Crippen LogP contribution in [0.5, 0.6) is 5.75 Å². The van der Waals surface area contributed by atoms with Crippen molar-refractivity contribution in [1.82, 2.24) is 0 Å². The lowest BCUT2D eigenvalue weighted by molar-refractivity contribution is -0.128. The predicted molar refractivity (Wildman–Crippen MR) is 109 cm³/mol. The fourth-order valence-corrected chi connectivity index (χ4v) is 2.90. The third-order valence-electron chi connectivity index (χ3n) is 4.32. The molecule has 2 amide bonds. The molecule has 7 nitrogen and oxygen atoms in total. The molecule has 0 saturated heterocycles. The first kappa shape index (κ1) is 20.4. The maximum Gasteiger partial charge on any atom is 0.339 e. The second-order valence-electron chi connectivity index (χ2n) is 7.27. The van der Waals surface area contributed by atoms with E-state index in [1.807, 2.05) is 13.8 Å². The minimum atomic E-state index is -1.05. The summed E-state index contributed by atoms with van der Waals surface area (Å²) in [6, 6.07) is 13.6. The fraction of sp³-hybridized carbons (Fsp3) is 0.318. The van der Waals surface area contributed by atoms with Gasteiger partial charge in [-0.25, -0.2) is 4.79 Å². The van der Waals surface area contributed by atoms with Crippen LogP contribution in [0, 0.1) is 5.92 Å². The molecule has 0 spiro atoms. The summed E-state index contributed by atoms with van der Waals surface area (Å²) in [4.78, 5) is 38.6. The maximum absolute atomic E-state index is 12.9. The summed E-state index contributed by atoms with van der Waals surface area (Å²) < 4.78 is 11.0. The molecule has 0 aromatic heterocycles. The Morgan fingerprint density at radius 3 is 2.62 bits per heavy atom. The molecule has 1 aliphatic heterocycles. The van der Waals surface area contributed by atoms with Crippen molar-refractivity contribution in [2.45, 2.75) is 26.9 Å². The summed E-state index contributed by atoms with van der Waals surface area (Å²) in [7, 11) is 0. The number of ether oxygens (including phenoxy) is 2. The number of benzene rings is 2. The van der Waals surface area contributed by atoms with Gasteiger partial charge in [-0.2, -0.15) is 0 Å². The number of anilines is 2. The van der Waals surface area contributed by atoms with Gasteiger partial charge in [-0.1, -0.05) is 32.0 Å². The van der Waals surface area contributed by atoms with E-state index < -0.39 is 18.0 Å². The van der Waals surface area contributed by atoms with Gasteiger partial charge in [0.05, 0.1) is 23.5 Å². The summed E-state index contributed by atoms with van der Waals surface area (Å²) in [6.45, 7) is 5.96. The molecule has 1 aliphatic rings. The first-order chi connectivity index (χ1) is 13.8. The second kappa shape index (κ2) is 8.77. The van der Waals surface area contributed by atoms with Crippen LogP contribution >= 0.6 is 0 Å². The van der Waals surface area contributed by atoms with Gasteiger partial charge in [-0.3, -0.25) is 14.5 Å². The summed E-state index contributed by atoms with van der Waals surface area (Å²) >= 11 is 0. The smallest absolute Gasteiger partial charge is 0.339 e. The molecule has 3 rings (SSSR count). The highest BCUT2D eigenvalue weighted by atomic mass is 16.5. The number of carbonyl (C=O) groups excluding carboxylic acids is 3. The number of hydrogen-bond acceptors (Lipinski definition) is 5. The molecule has 2 aromatic carbocycles. The molecular formula is C22H24N2O5. The highest BCUT2D eigenvalue weighted by Gasteiger charge is 2.31. The van der Waals surface area contributed by atoms with Crippen LogP contribution in [-0.2, 0) is 14.3 Å². The van der Waals surface area contributed by atoms with Crippen molar-refractivity contribution in [1.29, 1.82) is 0 Å².